The van der Waals surface area contributed by atoms with E-state index in [1.807, 2.05) is 31.2 Å². The number of hydrogen-bond acceptors (Lipinski definition) is 4. The van der Waals surface area contributed by atoms with E-state index in [1.54, 1.807) is 0 Å². The van der Waals surface area contributed by atoms with Gasteiger partial charge in [-0.2, -0.15) is 0 Å². The third kappa shape index (κ3) is 1.85. The molecule has 0 spiro atoms. The molecule has 1 aromatic carbocycles. The summed E-state index contributed by atoms with van der Waals surface area (Å²) in [6, 6.07) is 7.82. The minimum absolute atomic E-state index is 0.151. The second-order valence-corrected chi connectivity index (χ2v) is 4.71. The van der Waals surface area contributed by atoms with E-state index < -0.39 is 0 Å². The van der Waals surface area contributed by atoms with Gasteiger partial charge in [-0.05, 0) is 31.9 Å². The highest BCUT2D eigenvalue weighted by atomic mass is 16.3. The molecule has 2 aromatic rings. The van der Waals surface area contributed by atoms with E-state index in [9.17, 15) is 5.11 Å². The quantitative estimate of drug-likeness (QED) is 0.843. The van der Waals surface area contributed by atoms with Crippen LogP contribution in [0.1, 0.15) is 18.5 Å². The summed E-state index contributed by atoms with van der Waals surface area (Å²) in [7, 11) is 0. The number of anilines is 1. The fourth-order valence-corrected chi connectivity index (χ4v) is 1.93. The van der Waals surface area contributed by atoms with Crippen molar-refractivity contribution in [1.82, 2.24) is 9.97 Å². The minimum atomic E-state index is -0.151. The lowest BCUT2D eigenvalue weighted by molar-refractivity contribution is 0.266. The Morgan fingerprint density at radius 2 is 1.88 bits per heavy atom. The normalized spacial score (nSPS) is 17.1. The number of aliphatic hydroxyl groups is 1. The molecule has 2 N–H and O–H groups in total. The topological polar surface area (TPSA) is 58.0 Å². The van der Waals surface area contributed by atoms with Crippen molar-refractivity contribution in [2.45, 2.75) is 25.3 Å². The molecule has 1 heterocycles. The summed E-state index contributed by atoms with van der Waals surface area (Å²) in [6.07, 6.45) is 1.99. The summed E-state index contributed by atoms with van der Waals surface area (Å²) >= 11 is 0. The van der Waals surface area contributed by atoms with Crippen LogP contribution in [0.5, 0.6) is 0 Å². The molecule has 0 unspecified atom stereocenters. The Hall–Kier alpha value is -1.68. The molecule has 0 aliphatic heterocycles. The Bertz CT molecular complexity index is 564. The first-order valence-corrected chi connectivity index (χ1v) is 5.85. The number of hydrogen-bond donors (Lipinski definition) is 2. The molecule has 1 saturated carbocycles. The molecule has 4 nitrogen and oxygen atoms in total. The number of fused-ring (bicyclic) bond motifs is 1. The molecule has 1 aliphatic carbocycles. The van der Waals surface area contributed by atoms with Crippen LogP contribution in [0.2, 0.25) is 0 Å². The van der Waals surface area contributed by atoms with Gasteiger partial charge < -0.3 is 10.4 Å². The van der Waals surface area contributed by atoms with Crippen molar-refractivity contribution in [1.29, 1.82) is 0 Å². The molecule has 1 fully saturated rings. The minimum Gasteiger partial charge on any atom is -0.394 e. The van der Waals surface area contributed by atoms with E-state index in [4.69, 9.17) is 0 Å². The van der Waals surface area contributed by atoms with Gasteiger partial charge in [0.1, 0.15) is 5.82 Å². The average Bonchev–Trinajstić information content (AvgIpc) is 3.11. The van der Waals surface area contributed by atoms with Crippen LogP contribution < -0.4 is 5.32 Å². The second-order valence-electron chi connectivity index (χ2n) is 4.71. The van der Waals surface area contributed by atoms with E-state index in [0.29, 0.717) is 0 Å². The number of aliphatic hydroxyl groups excluding tert-OH is 1. The number of rotatable bonds is 3. The van der Waals surface area contributed by atoms with Crippen molar-refractivity contribution in [3.63, 3.8) is 0 Å². The Morgan fingerprint density at radius 1 is 1.24 bits per heavy atom. The van der Waals surface area contributed by atoms with Gasteiger partial charge in [-0.25, -0.2) is 9.97 Å². The largest absolute Gasteiger partial charge is 0.394 e. The summed E-state index contributed by atoms with van der Waals surface area (Å²) in [6.45, 7) is 2.09. The van der Waals surface area contributed by atoms with Gasteiger partial charge >= 0.3 is 0 Å². The van der Waals surface area contributed by atoms with E-state index in [1.165, 1.54) is 0 Å². The molecule has 1 aromatic heterocycles. The average molecular weight is 229 g/mol. The molecule has 1 aliphatic rings. The molecule has 88 valence electrons. The predicted octanol–water partition coefficient (Wildman–Crippen LogP) is 1.88. The van der Waals surface area contributed by atoms with Crippen LogP contribution in [0.3, 0.4) is 0 Å². The summed E-state index contributed by atoms with van der Waals surface area (Å²) < 4.78 is 0. The van der Waals surface area contributed by atoms with Crippen LogP contribution in [0.4, 0.5) is 5.82 Å². The maximum Gasteiger partial charge on any atom is 0.148 e. The van der Waals surface area contributed by atoms with Gasteiger partial charge in [0.15, 0.2) is 0 Å². The molecule has 0 amide bonds. The number of para-hydroxylation sites is 2. The Morgan fingerprint density at radius 3 is 2.47 bits per heavy atom. The molecular weight excluding hydrogens is 214 g/mol. The van der Waals surface area contributed by atoms with Gasteiger partial charge in [0, 0.05) is 0 Å². The number of benzene rings is 1. The zero-order valence-electron chi connectivity index (χ0n) is 9.77. The molecule has 17 heavy (non-hydrogen) atoms. The second kappa shape index (κ2) is 3.67. The molecule has 0 saturated heterocycles. The van der Waals surface area contributed by atoms with Gasteiger partial charge in [-0.15, -0.1) is 0 Å². The van der Waals surface area contributed by atoms with E-state index >= 15 is 0 Å². The lowest BCUT2D eigenvalue weighted by Crippen LogP contribution is -2.26. The van der Waals surface area contributed by atoms with Gasteiger partial charge in [-0.1, -0.05) is 12.1 Å². The van der Waals surface area contributed by atoms with Crippen LogP contribution in [0, 0.1) is 6.92 Å². The number of aryl methyl sites for hydroxylation is 1. The Kier molecular flexibility index (Phi) is 2.26. The van der Waals surface area contributed by atoms with E-state index in [-0.39, 0.29) is 12.1 Å². The Labute approximate surface area is 99.7 Å². The standard InChI is InChI=1S/C13H15N3O/c1-9-12(16-13(8-17)6-7-13)15-11-5-3-2-4-10(11)14-9/h2-5,17H,6-8H2,1H3,(H,15,16). The third-order valence-electron chi connectivity index (χ3n) is 3.28. The smallest absolute Gasteiger partial charge is 0.148 e. The van der Waals surface area contributed by atoms with Gasteiger partial charge in [0.25, 0.3) is 0 Å². The van der Waals surface area contributed by atoms with Gasteiger partial charge in [-0.3, -0.25) is 0 Å². The predicted molar refractivity (Wildman–Crippen MR) is 66.9 cm³/mol. The van der Waals surface area contributed by atoms with Crippen LogP contribution >= 0.6 is 0 Å². The molecule has 4 heteroatoms. The fraction of sp³-hybridized carbons (Fsp3) is 0.385. The molecule has 3 rings (SSSR count). The van der Waals surface area contributed by atoms with Crippen molar-refractivity contribution in [2.75, 3.05) is 11.9 Å². The van der Waals surface area contributed by atoms with Crippen LogP contribution in [-0.4, -0.2) is 27.2 Å². The van der Waals surface area contributed by atoms with E-state index in [2.05, 4.69) is 15.3 Å². The lowest BCUT2D eigenvalue weighted by atomic mass is 10.2. The molecular formula is C13H15N3O. The highest BCUT2D eigenvalue weighted by molar-refractivity contribution is 5.76. The molecule has 0 radical (unpaired) electrons. The van der Waals surface area contributed by atoms with Crippen molar-refractivity contribution < 1.29 is 5.11 Å². The lowest BCUT2D eigenvalue weighted by Gasteiger charge is -2.16. The van der Waals surface area contributed by atoms with Crippen molar-refractivity contribution in [3.8, 4) is 0 Å². The highest BCUT2D eigenvalue weighted by Crippen LogP contribution is 2.38. The number of aromatic nitrogens is 2. The zero-order chi connectivity index (χ0) is 11.9. The van der Waals surface area contributed by atoms with Crippen LogP contribution in [0.15, 0.2) is 24.3 Å². The van der Waals surface area contributed by atoms with Crippen molar-refractivity contribution >= 4 is 16.9 Å². The summed E-state index contributed by atoms with van der Waals surface area (Å²) in [4.78, 5) is 9.08. The number of nitrogens with one attached hydrogen (secondary N) is 1. The number of nitrogens with zero attached hydrogens (tertiary/aromatic N) is 2. The van der Waals surface area contributed by atoms with Gasteiger partial charge in [0.2, 0.25) is 0 Å². The summed E-state index contributed by atoms with van der Waals surface area (Å²) in [5.74, 6) is 0.787. The first-order valence-electron chi connectivity index (χ1n) is 5.85. The van der Waals surface area contributed by atoms with Crippen molar-refractivity contribution in [2.24, 2.45) is 0 Å². The first kappa shape index (κ1) is 10.5. The summed E-state index contributed by atoms with van der Waals surface area (Å²) in [5.41, 5.74) is 2.52. The summed E-state index contributed by atoms with van der Waals surface area (Å²) in [5, 5.41) is 12.6. The SMILES string of the molecule is Cc1nc2ccccc2nc1NC1(CO)CC1. The van der Waals surface area contributed by atoms with Crippen LogP contribution in [-0.2, 0) is 0 Å². The maximum absolute atomic E-state index is 9.31. The van der Waals surface area contributed by atoms with Crippen LogP contribution in [0.25, 0.3) is 11.0 Å². The highest BCUT2D eigenvalue weighted by Gasteiger charge is 2.42. The molecule has 0 bridgehead atoms. The zero-order valence-corrected chi connectivity index (χ0v) is 9.77. The third-order valence-corrected chi connectivity index (χ3v) is 3.28. The van der Waals surface area contributed by atoms with Gasteiger partial charge in [0.05, 0.1) is 28.9 Å². The first-order chi connectivity index (χ1) is 8.22. The fourth-order valence-electron chi connectivity index (χ4n) is 1.93. The van der Waals surface area contributed by atoms with E-state index in [0.717, 1.165) is 35.4 Å². The monoisotopic (exact) mass is 229 g/mol. The maximum atomic E-state index is 9.31. The Balaban J connectivity index is 2.01. The van der Waals surface area contributed by atoms with Crippen molar-refractivity contribution in [3.05, 3.63) is 30.0 Å². The molecule has 0 atom stereocenters.